The number of rotatable bonds is 5. The van der Waals surface area contributed by atoms with Gasteiger partial charge in [0.1, 0.15) is 0 Å². The van der Waals surface area contributed by atoms with Crippen LogP contribution in [-0.2, 0) is 4.79 Å². The lowest BCUT2D eigenvalue weighted by Crippen LogP contribution is -2.27. The van der Waals surface area contributed by atoms with E-state index in [-0.39, 0.29) is 11.8 Å². The summed E-state index contributed by atoms with van der Waals surface area (Å²) in [7, 11) is 0. The minimum atomic E-state index is 0.242. The van der Waals surface area contributed by atoms with Crippen LogP contribution in [0.25, 0.3) is 0 Å². The van der Waals surface area contributed by atoms with Crippen molar-refractivity contribution in [1.29, 1.82) is 0 Å². The number of hydrogen-bond donors (Lipinski definition) is 1. The van der Waals surface area contributed by atoms with Crippen molar-refractivity contribution < 1.29 is 4.79 Å². The van der Waals surface area contributed by atoms with Crippen molar-refractivity contribution in [2.45, 2.75) is 46.5 Å². The van der Waals surface area contributed by atoms with Gasteiger partial charge >= 0.3 is 0 Å². The monoisotopic (exact) mass is 300 g/mol. The van der Waals surface area contributed by atoms with E-state index >= 15 is 0 Å². The van der Waals surface area contributed by atoms with Crippen LogP contribution in [0.3, 0.4) is 0 Å². The molecule has 1 aromatic rings. The fourth-order valence-electron chi connectivity index (χ4n) is 4.36. The number of nitrogens with one attached hydrogen (secondary N) is 1. The molecule has 1 aromatic carbocycles. The quantitative estimate of drug-likeness (QED) is 0.883. The third-order valence-electron chi connectivity index (χ3n) is 5.67. The van der Waals surface area contributed by atoms with Gasteiger partial charge in [-0.1, -0.05) is 6.42 Å². The van der Waals surface area contributed by atoms with Gasteiger partial charge in [-0.25, -0.2) is 0 Å². The highest BCUT2D eigenvalue weighted by atomic mass is 16.1. The molecule has 0 aliphatic heterocycles. The molecule has 0 aromatic heterocycles. The molecule has 0 heterocycles. The molecule has 1 amide bonds. The fraction of sp³-hybridized carbons (Fsp3) is 0.632. The summed E-state index contributed by atoms with van der Waals surface area (Å²) in [5, 5.41) is 3.18. The number of benzene rings is 1. The minimum absolute atomic E-state index is 0.242. The predicted octanol–water partition coefficient (Wildman–Crippen LogP) is 4.22. The zero-order valence-corrected chi connectivity index (χ0v) is 14.1. The van der Waals surface area contributed by atoms with E-state index < -0.39 is 0 Å². The first kappa shape index (κ1) is 15.4. The van der Waals surface area contributed by atoms with Crippen molar-refractivity contribution in [2.75, 3.05) is 23.3 Å². The number of aryl methyl sites for hydroxylation is 1. The smallest absolute Gasteiger partial charge is 0.227 e. The first-order valence-corrected chi connectivity index (χ1v) is 8.78. The number of hydrogen-bond acceptors (Lipinski definition) is 2. The Morgan fingerprint density at radius 1 is 1.23 bits per heavy atom. The molecule has 3 unspecified atom stereocenters. The Kier molecular flexibility index (Phi) is 4.42. The van der Waals surface area contributed by atoms with Gasteiger partial charge in [0, 0.05) is 30.4 Å². The Labute approximate surface area is 134 Å². The van der Waals surface area contributed by atoms with Gasteiger partial charge in [-0.2, -0.15) is 0 Å². The van der Waals surface area contributed by atoms with E-state index in [1.165, 1.54) is 24.9 Å². The number of fused-ring (bicyclic) bond motifs is 2. The molecule has 2 saturated carbocycles. The van der Waals surface area contributed by atoms with E-state index in [2.05, 4.69) is 49.2 Å². The molecule has 1 N–H and O–H groups in total. The first-order chi connectivity index (χ1) is 10.6. The van der Waals surface area contributed by atoms with Crippen LogP contribution in [0.5, 0.6) is 0 Å². The van der Waals surface area contributed by atoms with Gasteiger partial charge in [0.05, 0.1) is 0 Å². The van der Waals surface area contributed by atoms with Gasteiger partial charge in [0.15, 0.2) is 0 Å². The average Bonchev–Trinajstić information content (AvgIpc) is 3.14. The maximum absolute atomic E-state index is 12.6. The Morgan fingerprint density at radius 2 is 2.00 bits per heavy atom. The van der Waals surface area contributed by atoms with Gasteiger partial charge in [-0.05, 0) is 75.6 Å². The van der Waals surface area contributed by atoms with E-state index in [0.717, 1.165) is 36.7 Å². The second-order valence-corrected chi connectivity index (χ2v) is 6.94. The zero-order chi connectivity index (χ0) is 15.7. The molecule has 2 bridgehead atoms. The SMILES string of the molecule is CCN(CC)c1ccc(NC(=O)C2CC3CCC2C3)c(C)c1. The Bertz CT molecular complexity index is 550. The summed E-state index contributed by atoms with van der Waals surface area (Å²) in [6.07, 6.45) is 4.97. The van der Waals surface area contributed by atoms with Crippen molar-refractivity contribution in [1.82, 2.24) is 0 Å². The molecule has 22 heavy (non-hydrogen) atoms. The molecular weight excluding hydrogens is 272 g/mol. The molecule has 2 aliphatic carbocycles. The number of carbonyl (C=O) groups is 1. The fourth-order valence-corrected chi connectivity index (χ4v) is 4.36. The number of amides is 1. The molecule has 0 saturated heterocycles. The summed E-state index contributed by atoms with van der Waals surface area (Å²) < 4.78 is 0. The summed E-state index contributed by atoms with van der Waals surface area (Å²) in [6, 6.07) is 6.37. The third-order valence-corrected chi connectivity index (χ3v) is 5.67. The topological polar surface area (TPSA) is 32.3 Å². The standard InChI is InChI=1S/C19H28N2O/c1-4-21(5-2)16-8-9-18(13(3)10-16)20-19(22)17-12-14-6-7-15(17)11-14/h8-10,14-15,17H,4-7,11-12H2,1-3H3,(H,20,22). The van der Waals surface area contributed by atoms with Crippen LogP contribution in [0.4, 0.5) is 11.4 Å². The Balaban J connectivity index is 1.69. The molecule has 3 rings (SSSR count). The molecule has 3 heteroatoms. The summed E-state index contributed by atoms with van der Waals surface area (Å²) in [4.78, 5) is 14.9. The summed E-state index contributed by atoms with van der Waals surface area (Å²) in [6.45, 7) is 8.44. The van der Waals surface area contributed by atoms with Crippen LogP contribution < -0.4 is 10.2 Å². The molecule has 120 valence electrons. The van der Waals surface area contributed by atoms with E-state index in [1.54, 1.807) is 0 Å². The molecule has 0 radical (unpaired) electrons. The van der Waals surface area contributed by atoms with Gasteiger partial charge in [-0.3, -0.25) is 4.79 Å². The van der Waals surface area contributed by atoms with Crippen LogP contribution in [-0.4, -0.2) is 19.0 Å². The van der Waals surface area contributed by atoms with Crippen molar-refractivity contribution in [3.8, 4) is 0 Å². The lowest BCUT2D eigenvalue weighted by molar-refractivity contribution is -0.121. The molecule has 2 aliphatic rings. The molecule has 2 fully saturated rings. The highest BCUT2D eigenvalue weighted by molar-refractivity contribution is 5.94. The first-order valence-electron chi connectivity index (χ1n) is 8.78. The van der Waals surface area contributed by atoms with Gasteiger partial charge in [-0.15, -0.1) is 0 Å². The van der Waals surface area contributed by atoms with Crippen molar-refractivity contribution in [3.63, 3.8) is 0 Å². The predicted molar refractivity (Wildman–Crippen MR) is 92.3 cm³/mol. The van der Waals surface area contributed by atoms with Crippen LogP contribution in [0.15, 0.2) is 18.2 Å². The van der Waals surface area contributed by atoms with Crippen LogP contribution in [0, 0.1) is 24.7 Å². The highest BCUT2D eigenvalue weighted by Gasteiger charge is 2.43. The van der Waals surface area contributed by atoms with Gasteiger partial charge in [0.25, 0.3) is 0 Å². The second kappa shape index (κ2) is 6.31. The highest BCUT2D eigenvalue weighted by Crippen LogP contribution is 2.48. The average molecular weight is 300 g/mol. The zero-order valence-electron chi connectivity index (χ0n) is 14.1. The van der Waals surface area contributed by atoms with Gasteiger partial charge < -0.3 is 10.2 Å². The van der Waals surface area contributed by atoms with Crippen molar-refractivity contribution in [2.24, 2.45) is 17.8 Å². The normalized spacial score (nSPS) is 26.2. The molecule has 3 nitrogen and oxygen atoms in total. The maximum atomic E-state index is 12.6. The van der Waals surface area contributed by atoms with E-state index in [9.17, 15) is 4.79 Å². The van der Waals surface area contributed by atoms with E-state index in [4.69, 9.17) is 0 Å². The lowest BCUT2D eigenvalue weighted by atomic mass is 9.88. The van der Waals surface area contributed by atoms with Crippen molar-refractivity contribution in [3.05, 3.63) is 23.8 Å². The summed E-state index contributed by atoms with van der Waals surface area (Å²) >= 11 is 0. The number of nitrogens with zero attached hydrogens (tertiary/aromatic N) is 1. The summed E-state index contributed by atoms with van der Waals surface area (Å²) in [5.41, 5.74) is 3.37. The van der Waals surface area contributed by atoms with Crippen molar-refractivity contribution >= 4 is 17.3 Å². The Morgan fingerprint density at radius 3 is 2.55 bits per heavy atom. The number of carbonyl (C=O) groups excluding carboxylic acids is 1. The van der Waals surface area contributed by atoms with Crippen LogP contribution in [0.2, 0.25) is 0 Å². The summed E-state index contributed by atoms with van der Waals surface area (Å²) in [5.74, 6) is 1.94. The largest absolute Gasteiger partial charge is 0.372 e. The lowest BCUT2D eigenvalue weighted by Gasteiger charge is -2.24. The second-order valence-electron chi connectivity index (χ2n) is 6.94. The number of anilines is 2. The van der Waals surface area contributed by atoms with E-state index in [1.807, 2.05) is 0 Å². The molecule has 3 atom stereocenters. The Hall–Kier alpha value is -1.51. The van der Waals surface area contributed by atoms with Crippen LogP contribution >= 0.6 is 0 Å². The molecule has 0 spiro atoms. The minimum Gasteiger partial charge on any atom is -0.372 e. The third kappa shape index (κ3) is 2.86. The molecular formula is C19H28N2O. The van der Waals surface area contributed by atoms with Gasteiger partial charge in [0.2, 0.25) is 5.91 Å². The maximum Gasteiger partial charge on any atom is 0.227 e. The van der Waals surface area contributed by atoms with Crippen LogP contribution in [0.1, 0.15) is 45.1 Å². The van der Waals surface area contributed by atoms with E-state index in [0.29, 0.717) is 5.92 Å².